The van der Waals surface area contributed by atoms with Gasteiger partial charge in [-0.25, -0.2) is 0 Å². The number of carboxylic acid groups (broad SMARTS) is 2. The Hall–Kier alpha value is -3.15. The molecular formula is C23H26O6. The van der Waals surface area contributed by atoms with Crippen LogP contribution in [0.15, 0.2) is 60.7 Å². The monoisotopic (exact) mass is 398 g/mol. The van der Waals surface area contributed by atoms with Crippen molar-refractivity contribution in [1.29, 1.82) is 0 Å². The third kappa shape index (κ3) is 5.02. The number of carbonyl (C=O) groups is 3. The molecule has 0 saturated heterocycles. The minimum Gasteiger partial charge on any atom is -0.481 e. The van der Waals surface area contributed by atoms with Crippen molar-refractivity contribution in [2.24, 2.45) is 5.92 Å². The molecule has 154 valence electrons. The molecule has 0 saturated carbocycles. The standard InChI is InChI=1S/C23H26O6/c1-29-21(26)19(15-9-4-10-16-20(24)25)23(22(27)28,17-11-5-2-6-12-17)18-13-7-3-8-14-18/h2-3,5-8,11-14,19H,4,9-10,15-16H2,1H3,(H,24,25)(H,27,28). The van der Waals surface area contributed by atoms with Gasteiger partial charge in [-0.15, -0.1) is 0 Å². The van der Waals surface area contributed by atoms with Gasteiger partial charge in [-0.1, -0.05) is 73.5 Å². The lowest BCUT2D eigenvalue weighted by molar-refractivity contribution is -0.156. The molecule has 0 bridgehead atoms. The summed E-state index contributed by atoms with van der Waals surface area (Å²) in [5.41, 5.74) is -0.609. The molecule has 2 N–H and O–H groups in total. The van der Waals surface area contributed by atoms with Crippen LogP contribution in [-0.2, 0) is 24.5 Å². The topological polar surface area (TPSA) is 101 Å². The van der Waals surface area contributed by atoms with E-state index in [-0.39, 0.29) is 12.8 Å². The zero-order chi connectivity index (χ0) is 21.3. The average Bonchev–Trinajstić information content (AvgIpc) is 2.73. The van der Waals surface area contributed by atoms with Crippen LogP contribution < -0.4 is 0 Å². The number of aliphatic carboxylic acids is 2. The maximum Gasteiger partial charge on any atom is 0.319 e. The maximum atomic E-state index is 12.8. The molecule has 6 nitrogen and oxygen atoms in total. The van der Waals surface area contributed by atoms with Crippen molar-refractivity contribution in [3.63, 3.8) is 0 Å². The van der Waals surface area contributed by atoms with Gasteiger partial charge >= 0.3 is 17.9 Å². The highest BCUT2D eigenvalue weighted by Crippen LogP contribution is 2.43. The van der Waals surface area contributed by atoms with Gasteiger partial charge in [0.15, 0.2) is 0 Å². The number of esters is 1. The first-order chi connectivity index (χ1) is 13.9. The highest BCUT2D eigenvalue weighted by atomic mass is 16.5. The molecule has 0 heterocycles. The lowest BCUT2D eigenvalue weighted by Crippen LogP contribution is -2.48. The lowest BCUT2D eigenvalue weighted by atomic mass is 9.64. The number of methoxy groups -OCH3 is 1. The van der Waals surface area contributed by atoms with E-state index >= 15 is 0 Å². The fourth-order valence-electron chi connectivity index (χ4n) is 3.82. The van der Waals surface area contributed by atoms with Crippen LogP contribution in [0.4, 0.5) is 0 Å². The molecule has 1 atom stereocenters. The van der Waals surface area contributed by atoms with Gasteiger partial charge in [0.05, 0.1) is 13.0 Å². The van der Waals surface area contributed by atoms with Crippen molar-refractivity contribution < 1.29 is 29.3 Å². The van der Waals surface area contributed by atoms with Crippen molar-refractivity contribution in [1.82, 2.24) is 0 Å². The molecule has 2 aromatic rings. The molecule has 0 aromatic heterocycles. The minimum absolute atomic E-state index is 0.0460. The number of benzene rings is 2. The highest BCUT2D eigenvalue weighted by Gasteiger charge is 2.52. The number of unbranched alkanes of at least 4 members (excludes halogenated alkanes) is 2. The third-order valence-electron chi connectivity index (χ3n) is 5.19. The van der Waals surface area contributed by atoms with Crippen LogP contribution in [-0.4, -0.2) is 35.2 Å². The first kappa shape index (κ1) is 22.1. The van der Waals surface area contributed by atoms with Crippen molar-refractivity contribution in [2.75, 3.05) is 7.11 Å². The van der Waals surface area contributed by atoms with E-state index in [4.69, 9.17) is 9.84 Å². The normalized spacial score (nSPS) is 12.2. The summed E-state index contributed by atoms with van der Waals surface area (Å²) in [4.78, 5) is 36.3. The van der Waals surface area contributed by atoms with Gasteiger partial charge in [0, 0.05) is 6.42 Å². The Morgan fingerprint density at radius 1 is 0.862 bits per heavy atom. The molecular weight excluding hydrogens is 372 g/mol. The Morgan fingerprint density at radius 2 is 1.38 bits per heavy atom. The van der Waals surface area contributed by atoms with Crippen LogP contribution in [0.5, 0.6) is 0 Å². The zero-order valence-electron chi connectivity index (χ0n) is 16.4. The first-order valence-electron chi connectivity index (χ1n) is 9.58. The van der Waals surface area contributed by atoms with E-state index in [1.165, 1.54) is 7.11 Å². The Labute approximate surface area is 170 Å². The SMILES string of the molecule is COC(=O)C(CCCCCC(=O)O)C(C(=O)O)(c1ccccc1)c1ccccc1. The molecule has 0 radical (unpaired) electrons. The number of hydrogen-bond acceptors (Lipinski definition) is 4. The molecule has 2 rings (SSSR count). The molecule has 29 heavy (non-hydrogen) atoms. The second-order valence-corrected chi connectivity index (χ2v) is 6.91. The van der Waals surface area contributed by atoms with E-state index < -0.39 is 29.2 Å². The number of ether oxygens (including phenoxy) is 1. The number of rotatable bonds is 11. The predicted octanol–water partition coefficient (Wildman–Crippen LogP) is 3.88. The summed E-state index contributed by atoms with van der Waals surface area (Å²) >= 11 is 0. The van der Waals surface area contributed by atoms with Crippen molar-refractivity contribution in [3.8, 4) is 0 Å². The van der Waals surface area contributed by atoms with Crippen LogP contribution >= 0.6 is 0 Å². The Morgan fingerprint density at radius 3 is 1.79 bits per heavy atom. The fourth-order valence-corrected chi connectivity index (χ4v) is 3.82. The van der Waals surface area contributed by atoms with Gasteiger partial charge in [0.2, 0.25) is 0 Å². The summed E-state index contributed by atoms with van der Waals surface area (Å²) < 4.78 is 5.01. The molecule has 2 aromatic carbocycles. The van der Waals surface area contributed by atoms with E-state index in [1.54, 1.807) is 60.7 Å². The Bertz CT molecular complexity index is 776. The van der Waals surface area contributed by atoms with Crippen molar-refractivity contribution >= 4 is 17.9 Å². The summed E-state index contributed by atoms with van der Waals surface area (Å²) in [5.74, 6) is -3.56. The van der Waals surface area contributed by atoms with Gasteiger partial charge in [-0.2, -0.15) is 0 Å². The molecule has 1 unspecified atom stereocenters. The van der Waals surface area contributed by atoms with E-state index in [2.05, 4.69) is 0 Å². The summed E-state index contributed by atoms with van der Waals surface area (Å²) in [6, 6.07) is 17.4. The van der Waals surface area contributed by atoms with Gasteiger partial charge in [-0.05, 0) is 24.0 Å². The largest absolute Gasteiger partial charge is 0.481 e. The molecule has 0 aliphatic rings. The molecule has 6 heteroatoms. The summed E-state index contributed by atoms with van der Waals surface area (Å²) in [6.45, 7) is 0. The quantitative estimate of drug-likeness (QED) is 0.440. The van der Waals surface area contributed by atoms with Crippen LogP contribution in [0, 0.1) is 5.92 Å². The van der Waals surface area contributed by atoms with Crippen molar-refractivity contribution in [3.05, 3.63) is 71.8 Å². The Kier molecular flexibility index (Phi) is 7.95. The lowest BCUT2D eigenvalue weighted by Gasteiger charge is -2.36. The first-order valence-corrected chi connectivity index (χ1v) is 9.58. The van der Waals surface area contributed by atoms with Crippen LogP contribution in [0.25, 0.3) is 0 Å². The minimum atomic E-state index is -1.61. The second kappa shape index (κ2) is 10.4. The predicted molar refractivity (Wildman–Crippen MR) is 108 cm³/mol. The molecule has 0 spiro atoms. The Balaban J connectivity index is 2.51. The summed E-state index contributed by atoms with van der Waals surface area (Å²) in [6.07, 6.45) is 1.88. The van der Waals surface area contributed by atoms with Crippen molar-refractivity contribution in [2.45, 2.75) is 37.5 Å². The van der Waals surface area contributed by atoms with Gasteiger partial charge in [-0.3, -0.25) is 14.4 Å². The fraction of sp³-hybridized carbons (Fsp3) is 0.348. The number of carbonyl (C=O) groups excluding carboxylic acids is 1. The second-order valence-electron chi connectivity index (χ2n) is 6.91. The zero-order valence-corrected chi connectivity index (χ0v) is 16.4. The average molecular weight is 398 g/mol. The third-order valence-corrected chi connectivity index (χ3v) is 5.19. The maximum absolute atomic E-state index is 12.8. The van der Waals surface area contributed by atoms with Gasteiger partial charge in [0.1, 0.15) is 5.41 Å². The molecule has 0 amide bonds. The van der Waals surface area contributed by atoms with E-state index in [0.717, 1.165) is 0 Å². The smallest absolute Gasteiger partial charge is 0.319 e. The summed E-state index contributed by atoms with van der Waals surface area (Å²) in [7, 11) is 1.25. The molecule has 0 fully saturated rings. The molecule has 0 aliphatic heterocycles. The van der Waals surface area contributed by atoms with Crippen LogP contribution in [0.2, 0.25) is 0 Å². The van der Waals surface area contributed by atoms with Gasteiger partial charge < -0.3 is 14.9 Å². The highest BCUT2D eigenvalue weighted by molar-refractivity contribution is 5.93. The molecule has 0 aliphatic carbocycles. The van der Waals surface area contributed by atoms with E-state index in [0.29, 0.717) is 30.4 Å². The number of hydrogen-bond donors (Lipinski definition) is 2. The summed E-state index contributed by atoms with van der Waals surface area (Å²) in [5, 5.41) is 19.2. The number of carboxylic acids is 2. The van der Waals surface area contributed by atoms with Crippen LogP contribution in [0.3, 0.4) is 0 Å². The van der Waals surface area contributed by atoms with E-state index in [9.17, 15) is 19.5 Å². The van der Waals surface area contributed by atoms with E-state index in [1.807, 2.05) is 0 Å². The van der Waals surface area contributed by atoms with Crippen LogP contribution in [0.1, 0.15) is 43.2 Å². The van der Waals surface area contributed by atoms with Gasteiger partial charge in [0.25, 0.3) is 0 Å².